The number of nitrogens with zero attached hydrogens (tertiary/aromatic N) is 1. The van der Waals surface area contributed by atoms with Crippen LogP contribution in [0, 0.1) is 6.92 Å². The zero-order valence-electron chi connectivity index (χ0n) is 19.5. The second-order valence-electron chi connectivity index (χ2n) is 8.11. The van der Waals surface area contributed by atoms with E-state index >= 15 is 0 Å². The third-order valence-electron chi connectivity index (χ3n) is 5.35. The molecule has 6 nitrogen and oxygen atoms in total. The van der Waals surface area contributed by atoms with E-state index in [9.17, 15) is 14.4 Å². The fourth-order valence-corrected chi connectivity index (χ4v) is 6.36. The number of nitrogens with one attached hydrogen (secondary N) is 1. The fraction of sp³-hybridized carbons (Fsp3) is 0.115. The van der Waals surface area contributed by atoms with Crippen molar-refractivity contribution in [1.29, 1.82) is 0 Å². The Balaban J connectivity index is 1.45. The van der Waals surface area contributed by atoms with Gasteiger partial charge >= 0.3 is 0 Å². The van der Waals surface area contributed by atoms with E-state index in [4.69, 9.17) is 39.5 Å². The Hall–Kier alpha value is -2.01. The second kappa shape index (κ2) is 12.4. The first-order valence-corrected chi connectivity index (χ1v) is 14.4. The number of carbonyl (C=O) groups is 3. The number of ether oxygens (including phenoxy) is 1. The summed E-state index contributed by atoms with van der Waals surface area (Å²) in [6.45, 7) is 1.61. The van der Waals surface area contributed by atoms with Crippen LogP contribution in [0.4, 0.5) is 10.5 Å². The van der Waals surface area contributed by atoms with Crippen molar-refractivity contribution in [1.82, 2.24) is 4.90 Å². The summed E-state index contributed by atoms with van der Waals surface area (Å²) in [6.07, 6.45) is 1.58. The molecule has 0 saturated carbocycles. The van der Waals surface area contributed by atoms with Gasteiger partial charge in [0.2, 0.25) is 5.91 Å². The monoisotopic (exact) mass is 716 g/mol. The molecule has 1 aliphatic rings. The van der Waals surface area contributed by atoms with Crippen LogP contribution < -0.4 is 10.1 Å². The van der Waals surface area contributed by atoms with Gasteiger partial charge in [0, 0.05) is 26.3 Å². The number of rotatable bonds is 7. The van der Waals surface area contributed by atoms with Crippen molar-refractivity contribution in [2.45, 2.75) is 13.5 Å². The van der Waals surface area contributed by atoms with Gasteiger partial charge in [0.05, 0.1) is 13.9 Å². The highest BCUT2D eigenvalue weighted by atomic mass is 79.9. The molecule has 0 unspecified atom stereocenters. The van der Waals surface area contributed by atoms with E-state index in [-0.39, 0.29) is 11.5 Å². The van der Waals surface area contributed by atoms with Crippen LogP contribution in [0.5, 0.6) is 5.75 Å². The maximum absolute atomic E-state index is 12.9. The van der Waals surface area contributed by atoms with E-state index in [1.54, 1.807) is 54.6 Å². The second-order valence-corrected chi connectivity index (χ2v) is 12.1. The van der Waals surface area contributed by atoms with Crippen molar-refractivity contribution in [3.8, 4) is 5.75 Å². The number of anilines is 1. The number of hydrogen-bond acceptors (Lipinski definition) is 5. The average Bonchev–Trinajstić information content (AvgIpc) is 3.09. The van der Waals surface area contributed by atoms with Gasteiger partial charge in [0.25, 0.3) is 11.1 Å². The Morgan fingerprint density at radius 3 is 2.37 bits per heavy atom. The van der Waals surface area contributed by atoms with Crippen molar-refractivity contribution in [3.63, 3.8) is 0 Å². The van der Waals surface area contributed by atoms with E-state index in [0.717, 1.165) is 27.8 Å². The number of hydrogen-bond donors (Lipinski definition) is 1. The summed E-state index contributed by atoms with van der Waals surface area (Å²) in [4.78, 5) is 39.1. The molecule has 0 spiro atoms. The van der Waals surface area contributed by atoms with Gasteiger partial charge in [-0.15, -0.1) is 0 Å². The van der Waals surface area contributed by atoms with E-state index in [1.807, 2.05) is 6.92 Å². The lowest BCUT2D eigenvalue weighted by Crippen LogP contribution is -2.36. The number of imide groups is 1. The molecular weight excluding hydrogens is 703 g/mol. The summed E-state index contributed by atoms with van der Waals surface area (Å²) >= 11 is 25.9. The highest BCUT2D eigenvalue weighted by Gasteiger charge is 2.36. The zero-order valence-corrected chi connectivity index (χ0v) is 25.7. The molecule has 3 aromatic rings. The van der Waals surface area contributed by atoms with E-state index < -0.39 is 23.6 Å². The Morgan fingerprint density at radius 2 is 1.68 bits per heavy atom. The Labute approximate surface area is 254 Å². The predicted molar refractivity (Wildman–Crippen MR) is 160 cm³/mol. The van der Waals surface area contributed by atoms with Crippen LogP contribution in [0.25, 0.3) is 6.08 Å². The molecule has 1 N–H and O–H groups in total. The summed E-state index contributed by atoms with van der Waals surface area (Å²) in [5, 5.41) is 3.65. The van der Waals surface area contributed by atoms with Crippen molar-refractivity contribution >= 4 is 107 Å². The van der Waals surface area contributed by atoms with E-state index in [2.05, 4.69) is 37.2 Å². The van der Waals surface area contributed by atoms with Gasteiger partial charge in [0.15, 0.2) is 0 Å². The highest BCUT2D eigenvalue weighted by molar-refractivity contribution is 9.11. The van der Waals surface area contributed by atoms with Crippen LogP contribution >= 0.6 is 78.4 Å². The Kier molecular flexibility index (Phi) is 9.49. The molecular formula is C26H17Br2Cl3N2O4S. The molecule has 0 bridgehead atoms. The number of halogens is 5. The topological polar surface area (TPSA) is 75.7 Å². The quantitative estimate of drug-likeness (QED) is 0.247. The fourth-order valence-electron chi connectivity index (χ4n) is 3.44. The van der Waals surface area contributed by atoms with Crippen LogP contribution in [0.3, 0.4) is 0 Å². The lowest BCUT2D eigenvalue weighted by atomic mass is 10.2. The Bertz CT molecular complexity index is 1480. The zero-order chi connectivity index (χ0) is 27.6. The lowest BCUT2D eigenvalue weighted by Gasteiger charge is -2.14. The first-order chi connectivity index (χ1) is 18.0. The van der Waals surface area contributed by atoms with Gasteiger partial charge in [-0.05, 0) is 104 Å². The first kappa shape index (κ1) is 29.0. The van der Waals surface area contributed by atoms with Crippen LogP contribution in [0.1, 0.15) is 16.7 Å². The van der Waals surface area contributed by atoms with Gasteiger partial charge in [-0.3, -0.25) is 19.3 Å². The molecule has 38 heavy (non-hydrogen) atoms. The predicted octanol–water partition coefficient (Wildman–Crippen LogP) is 8.73. The molecule has 0 atom stereocenters. The molecule has 196 valence electrons. The lowest BCUT2D eigenvalue weighted by molar-refractivity contribution is -0.127. The minimum atomic E-state index is -0.553. The summed E-state index contributed by atoms with van der Waals surface area (Å²) in [5.41, 5.74) is 2.73. The normalized spacial score (nSPS) is 14.4. The van der Waals surface area contributed by atoms with E-state index in [1.165, 1.54) is 0 Å². The maximum Gasteiger partial charge on any atom is 0.294 e. The van der Waals surface area contributed by atoms with Gasteiger partial charge in [-0.1, -0.05) is 46.9 Å². The van der Waals surface area contributed by atoms with Crippen molar-refractivity contribution in [2.24, 2.45) is 0 Å². The standard InChI is InChI=1S/C26H17Br2Cl3N2O4S/c1-13-2-4-17(30)10-21(13)32-23(34)11-33-25(35)22(38-26(33)36)8-14-6-18(27)24(19(28)7-14)37-12-15-3-5-16(29)9-20(15)31/h2-10H,11-12H2,1H3,(H,32,34)/b22-8+. The molecule has 0 radical (unpaired) electrons. The Morgan fingerprint density at radius 1 is 1.03 bits per heavy atom. The molecule has 1 aliphatic heterocycles. The minimum Gasteiger partial charge on any atom is -0.486 e. The van der Waals surface area contributed by atoms with Gasteiger partial charge in [0.1, 0.15) is 18.9 Å². The minimum absolute atomic E-state index is 0.196. The summed E-state index contributed by atoms with van der Waals surface area (Å²) < 4.78 is 7.18. The largest absolute Gasteiger partial charge is 0.486 e. The third kappa shape index (κ3) is 6.94. The molecule has 1 fully saturated rings. The number of carbonyl (C=O) groups excluding carboxylic acids is 3. The summed E-state index contributed by atoms with van der Waals surface area (Å²) in [7, 11) is 0. The third-order valence-corrected chi connectivity index (χ3v) is 8.26. The van der Waals surface area contributed by atoms with Gasteiger partial charge in [-0.25, -0.2) is 0 Å². The van der Waals surface area contributed by atoms with Crippen LogP contribution in [-0.4, -0.2) is 28.5 Å². The molecule has 0 aliphatic carbocycles. The molecule has 1 saturated heterocycles. The van der Waals surface area contributed by atoms with Crippen LogP contribution in [0.2, 0.25) is 15.1 Å². The van der Waals surface area contributed by atoms with Crippen molar-refractivity contribution < 1.29 is 19.1 Å². The molecule has 1 heterocycles. The first-order valence-electron chi connectivity index (χ1n) is 10.9. The highest BCUT2D eigenvalue weighted by Crippen LogP contribution is 2.38. The average molecular weight is 720 g/mol. The molecule has 12 heteroatoms. The molecule has 3 amide bonds. The molecule has 0 aromatic heterocycles. The number of thioether (sulfide) groups is 1. The number of amides is 3. The van der Waals surface area contributed by atoms with Crippen LogP contribution in [-0.2, 0) is 16.2 Å². The van der Waals surface area contributed by atoms with Gasteiger partial charge < -0.3 is 10.1 Å². The van der Waals surface area contributed by atoms with E-state index in [0.29, 0.717) is 41.0 Å². The SMILES string of the molecule is Cc1ccc(Cl)cc1NC(=O)CN1C(=O)S/C(=C/c2cc(Br)c(OCc3ccc(Cl)cc3Cl)c(Br)c2)C1=O. The number of benzene rings is 3. The number of aryl methyl sites for hydroxylation is 1. The maximum atomic E-state index is 12.9. The molecule has 4 rings (SSSR count). The summed E-state index contributed by atoms with van der Waals surface area (Å²) in [5.74, 6) is -0.524. The molecule has 3 aromatic carbocycles. The van der Waals surface area contributed by atoms with Crippen LogP contribution in [0.15, 0.2) is 62.4 Å². The van der Waals surface area contributed by atoms with Crippen molar-refractivity contribution in [2.75, 3.05) is 11.9 Å². The van der Waals surface area contributed by atoms with Crippen molar-refractivity contribution in [3.05, 3.63) is 94.1 Å². The van der Waals surface area contributed by atoms with Gasteiger partial charge in [-0.2, -0.15) is 0 Å². The summed E-state index contributed by atoms with van der Waals surface area (Å²) in [6, 6.07) is 13.7. The smallest absolute Gasteiger partial charge is 0.294 e.